The van der Waals surface area contributed by atoms with Gasteiger partial charge in [0.15, 0.2) is 24.5 Å². The molecule has 14 nitrogen and oxygen atoms in total. The molecule has 14 heteroatoms. The van der Waals surface area contributed by atoms with Crippen molar-refractivity contribution in [2.24, 2.45) is 0 Å². The molecule has 3 unspecified atom stereocenters. The number of carbonyl (C=O) groups excluding carboxylic acids is 4. The molecule has 1 saturated heterocycles. The van der Waals surface area contributed by atoms with Gasteiger partial charge in [-0.1, -0.05) is 11.3 Å². The SMILES string of the molecule is CC(=O)OCC1O[C@@H](n2cc(C3=CC(C)(C)N(O)C3(C)C)nn2)C(OC(C)=O)C(OC(C)=O)[C@@H]1OC(C)=O. The Morgan fingerprint density at radius 3 is 1.97 bits per heavy atom. The molecule has 3 rings (SSSR count). The smallest absolute Gasteiger partial charge is 0.303 e. The number of hydrogen-bond donors (Lipinski definition) is 1. The van der Waals surface area contributed by atoms with Crippen LogP contribution in [0.15, 0.2) is 12.3 Å². The number of ether oxygens (including phenoxy) is 5. The first-order valence-electron chi connectivity index (χ1n) is 12.0. The van der Waals surface area contributed by atoms with Crippen LogP contribution in [0.2, 0.25) is 0 Å². The highest BCUT2D eigenvalue weighted by atomic mass is 16.7. The van der Waals surface area contributed by atoms with Crippen molar-refractivity contribution in [3.63, 3.8) is 0 Å². The summed E-state index contributed by atoms with van der Waals surface area (Å²) in [6.07, 6.45) is -2.88. The summed E-state index contributed by atoms with van der Waals surface area (Å²) in [7, 11) is 0. The maximum absolute atomic E-state index is 12.1. The van der Waals surface area contributed by atoms with Gasteiger partial charge in [0.2, 0.25) is 0 Å². The zero-order valence-corrected chi connectivity index (χ0v) is 22.7. The minimum absolute atomic E-state index is 0.359. The first-order chi connectivity index (χ1) is 17.5. The van der Waals surface area contributed by atoms with Crippen LogP contribution in [0.1, 0.15) is 67.3 Å². The fourth-order valence-electron chi connectivity index (χ4n) is 4.76. The standard InChI is InChI=1S/C24H34N4O10/c1-12(29)34-11-18-19(35-13(2)30)20(36-14(3)31)21(37-15(4)32)22(38-18)27-10-17(25-26-27)16-9-23(5,6)28(33)24(16,7)8/h9-10,18-22,33H,11H2,1-8H3/t18?,19-,20?,21?,22-/m1/s1. The van der Waals surface area contributed by atoms with Gasteiger partial charge in [-0.3, -0.25) is 19.2 Å². The van der Waals surface area contributed by atoms with Crippen molar-refractivity contribution in [2.75, 3.05) is 6.61 Å². The highest BCUT2D eigenvalue weighted by Crippen LogP contribution is 2.43. The number of carbonyl (C=O) groups is 4. The second kappa shape index (κ2) is 10.8. The molecule has 0 spiro atoms. The Morgan fingerprint density at radius 2 is 1.47 bits per heavy atom. The van der Waals surface area contributed by atoms with E-state index in [1.807, 2.05) is 33.8 Å². The third-order valence-corrected chi connectivity index (χ3v) is 6.25. The molecule has 38 heavy (non-hydrogen) atoms. The number of aromatic nitrogens is 3. The van der Waals surface area contributed by atoms with Gasteiger partial charge in [0, 0.05) is 33.3 Å². The molecule has 3 heterocycles. The van der Waals surface area contributed by atoms with E-state index < -0.39 is 65.6 Å². The van der Waals surface area contributed by atoms with Crippen LogP contribution in [0, 0.1) is 0 Å². The van der Waals surface area contributed by atoms with Crippen LogP contribution < -0.4 is 0 Å². The lowest BCUT2D eigenvalue weighted by molar-refractivity contribution is -0.270. The van der Waals surface area contributed by atoms with Crippen molar-refractivity contribution >= 4 is 29.5 Å². The normalized spacial score (nSPS) is 28.2. The molecule has 0 aliphatic carbocycles. The lowest BCUT2D eigenvalue weighted by Gasteiger charge is -2.44. The monoisotopic (exact) mass is 538 g/mol. The number of nitrogens with zero attached hydrogens (tertiary/aromatic N) is 4. The van der Waals surface area contributed by atoms with Gasteiger partial charge in [-0.15, -0.1) is 5.10 Å². The van der Waals surface area contributed by atoms with E-state index in [0.29, 0.717) is 11.3 Å². The number of hydrogen-bond acceptors (Lipinski definition) is 13. The van der Waals surface area contributed by atoms with Crippen LogP contribution in [0.3, 0.4) is 0 Å². The van der Waals surface area contributed by atoms with Gasteiger partial charge in [-0.2, -0.15) is 5.06 Å². The molecule has 2 aliphatic rings. The molecule has 0 saturated carbocycles. The van der Waals surface area contributed by atoms with Crippen LogP contribution in [-0.4, -0.2) is 91.2 Å². The summed E-state index contributed by atoms with van der Waals surface area (Å²) < 4.78 is 28.8. The molecule has 0 bridgehead atoms. The topological polar surface area (TPSA) is 169 Å². The van der Waals surface area contributed by atoms with Crippen molar-refractivity contribution in [1.29, 1.82) is 0 Å². The molecule has 0 amide bonds. The summed E-state index contributed by atoms with van der Waals surface area (Å²) in [6.45, 7) is 11.6. The predicted molar refractivity (Wildman–Crippen MR) is 127 cm³/mol. The second-order valence-corrected chi connectivity index (χ2v) is 10.3. The zero-order valence-electron chi connectivity index (χ0n) is 22.7. The molecule has 1 aromatic rings. The van der Waals surface area contributed by atoms with E-state index in [-0.39, 0.29) is 6.61 Å². The molecule has 1 aromatic heterocycles. The number of rotatable bonds is 7. The summed E-state index contributed by atoms with van der Waals surface area (Å²) in [6, 6.07) is 0. The van der Waals surface area contributed by atoms with E-state index in [0.717, 1.165) is 20.8 Å². The minimum atomic E-state index is -1.33. The van der Waals surface area contributed by atoms with E-state index in [9.17, 15) is 24.4 Å². The predicted octanol–water partition coefficient (Wildman–Crippen LogP) is 1.18. The van der Waals surface area contributed by atoms with Crippen LogP contribution in [0.4, 0.5) is 0 Å². The Morgan fingerprint density at radius 1 is 0.921 bits per heavy atom. The van der Waals surface area contributed by atoms with Crippen molar-refractivity contribution in [3.05, 3.63) is 18.0 Å². The third kappa shape index (κ3) is 6.03. The van der Waals surface area contributed by atoms with Gasteiger partial charge in [0.05, 0.1) is 17.3 Å². The Balaban J connectivity index is 2.07. The Hall–Kier alpha value is -3.36. The van der Waals surface area contributed by atoms with E-state index >= 15 is 0 Å². The number of esters is 4. The summed E-state index contributed by atoms with van der Waals surface area (Å²) in [5, 5.41) is 20.3. The maximum Gasteiger partial charge on any atom is 0.303 e. The molecular weight excluding hydrogens is 504 g/mol. The van der Waals surface area contributed by atoms with Gasteiger partial charge >= 0.3 is 23.9 Å². The van der Waals surface area contributed by atoms with Crippen molar-refractivity contribution in [3.8, 4) is 0 Å². The van der Waals surface area contributed by atoms with Crippen molar-refractivity contribution < 1.29 is 48.1 Å². The fraction of sp³-hybridized carbons (Fsp3) is 0.667. The summed E-state index contributed by atoms with van der Waals surface area (Å²) in [5.41, 5.74) is -0.405. The van der Waals surface area contributed by atoms with E-state index in [1.165, 1.54) is 22.9 Å². The molecule has 210 valence electrons. The Bertz CT molecular complexity index is 1130. The van der Waals surface area contributed by atoms with Gasteiger partial charge < -0.3 is 28.9 Å². The largest absolute Gasteiger partial charge is 0.463 e. The van der Waals surface area contributed by atoms with Gasteiger partial charge in [-0.25, -0.2) is 4.68 Å². The molecular formula is C24H34N4O10. The van der Waals surface area contributed by atoms with Gasteiger partial charge in [-0.05, 0) is 27.7 Å². The second-order valence-electron chi connectivity index (χ2n) is 10.3. The number of hydroxylamine groups is 2. The molecule has 1 fully saturated rings. The molecule has 0 aromatic carbocycles. The van der Waals surface area contributed by atoms with Crippen LogP contribution in [0.25, 0.3) is 5.57 Å². The Kier molecular flexibility index (Phi) is 8.29. The van der Waals surface area contributed by atoms with Crippen LogP contribution in [0.5, 0.6) is 0 Å². The van der Waals surface area contributed by atoms with E-state index in [4.69, 9.17) is 23.7 Å². The van der Waals surface area contributed by atoms with Crippen LogP contribution >= 0.6 is 0 Å². The molecule has 1 N–H and O–H groups in total. The van der Waals surface area contributed by atoms with Crippen molar-refractivity contribution in [1.82, 2.24) is 20.1 Å². The third-order valence-electron chi connectivity index (χ3n) is 6.25. The van der Waals surface area contributed by atoms with E-state index in [1.54, 1.807) is 0 Å². The van der Waals surface area contributed by atoms with Crippen LogP contribution in [-0.2, 0) is 42.9 Å². The summed E-state index contributed by atoms with van der Waals surface area (Å²) >= 11 is 0. The Labute approximate surface area is 219 Å². The lowest BCUT2D eigenvalue weighted by atomic mass is 9.94. The highest BCUT2D eigenvalue weighted by Gasteiger charge is 2.53. The van der Waals surface area contributed by atoms with Gasteiger partial charge in [0.1, 0.15) is 18.4 Å². The maximum atomic E-state index is 12.1. The zero-order chi connectivity index (χ0) is 28.6. The first kappa shape index (κ1) is 29.2. The average Bonchev–Trinajstić information content (AvgIpc) is 3.32. The van der Waals surface area contributed by atoms with Crippen molar-refractivity contribution in [2.45, 2.75) is 97.1 Å². The first-order valence-corrected chi connectivity index (χ1v) is 12.0. The lowest BCUT2D eigenvalue weighted by Crippen LogP contribution is -2.60. The average molecular weight is 539 g/mol. The quantitative estimate of drug-likeness (QED) is 0.388. The van der Waals surface area contributed by atoms with E-state index in [2.05, 4.69) is 10.3 Å². The van der Waals surface area contributed by atoms with Gasteiger partial charge in [0.25, 0.3) is 0 Å². The fourth-order valence-corrected chi connectivity index (χ4v) is 4.76. The molecule has 2 aliphatic heterocycles. The molecule has 0 radical (unpaired) electrons. The minimum Gasteiger partial charge on any atom is -0.463 e. The molecule has 5 atom stereocenters. The highest BCUT2D eigenvalue weighted by molar-refractivity contribution is 5.73. The summed E-state index contributed by atoms with van der Waals surface area (Å²) in [5.74, 6) is -2.80. The summed E-state index contributed by atoms with van der Waals surface area (Å²) in [4.78, 5) is 47.5.